The minimum atomic E-state index is -1.96. The molecule has 0 radical (unpaired) electrons. The molecule has 1 nitrogen and oxygen atoms in total. The minimum absolute atomic E-state index is 0. The van der Waals surface area contributed by atoms with Crippen LogP contribution in [0.4, 0.5) is 0 Å². The fraction of sp³-hybridized carbons (Fsp3) is 0.190. The van der Waals surface area contributed by atoms with Crippen LogP contribution >= 0.6 is 0 Å². The van der Waals surface area contributed by atoms with E-state index in [1.165, 1.54) is 15.0 Å². The summed E-state index contributed by atoms with van der Waals surface area (Å²) in [5, 5.41) is 1.56. The number of rotatable bonds is 5. The van der Waals surface area contributed by atoms with Gasteiger partial charge in [0, 0.05) is 0 Å². The molecule has 2 aromatic rings. The van der Waals surface area contributed by atoms with E-state index in [9.17, 15) is 0 Å². The van der Waals surface area contributed by atoms with Gasteiger partial charge < -0.3 is 24.8 Å². The average Bonchev–Trinajstić information content (AvgIpc) is 3.06. The van der Waals surface area contributed by atoms with Crippen molar-refractivity contribution in [2.75, 3.05) is 0 Å². The van der Waals surface area contributed by atoms with Gasteiger partial charge in [0.2, 0.25) is 0 Å². The molecule has 3 rings (SSSR count). The van der Waals surface area contributed by atoms with Crippen LogP contribution in [0.15, 0.2) is 75.8 Å². The zero-order valence-corrected chi connectivity index (χ0v) is 19.5. The van der Waals surface area contributed by atoms with Crippen LogP contribution in [0.2, 0.25) is 19.6 Å². The normalized spacial score (nSPS) is 12.7. The number of hydrogen-bond donors (Lipinski definition) is 0. The summed E-state index contributed by atoms with van der Waals surface area (Å²) >= 11 is -1.96. The summed E-state index contributed by atoms with van der Waals surface area (Å²) in [6.45, 7) is 7.21. The van der Waals surface area contributed by atoms with Crippen molar-refractivity contribution in [3.05, 3.63) is 75.8 Å². The summed E-state index contributed by atoms with van der Waals surface area (Å²) < 4.78 is 7.88. The van der Waals surface area contributed by atoms with Crippen LogP contribution in [0.5, 0.6) is 5.75 Å². The third-order valence-electron chi connectivity index (χ3n) is 4.26. The summed E-state index contributed by atoms with van der Waals surface area (Å²) in [6, 6.07) is 18.9. The third kappa shape index (κ3) is 5.55. The number of hydrogen-bond acceptors (Lipinski definition) is 1. The molecule has 136 valence electrons. The predicted octanol–water partition coefficient (Wildman–Crippen LogP) is -0.203. The number of halogens is 2. The van der Waals surface area contributed by atoms with E-state index in [4.69, 9.17) is 3.32 Å². The molecule has 0 aromatic heterocycles. The smallest absolute Gasteiger partial charge is 1.00 e. The van der Waals surface area contributed by atoms with Crippen molar-refractivity contribution >= 4 is 12.9 Å². The Labute approximate surface area is 176 Å². The summed E-state index contributed by atoms with van der Waals surface area (Å²) in [7, 11) is -1.32. The van der Waals surface area contributed by atoms with Crippen molar-refractivity contribution in [3.63, 3.8) is 0 Å². The first-order chi connectivity index (χ1) is 11.4. The van der Waals surface area contributed by atoms with Crippen LogP contribution < -0.4 is 28.1 Å². The van der Waals surface area contributed by atoms with Crippen LogP contribution in [0.1, 0.15) is 6.42 Å². The molecule has 2 aromatic carbocycles. The van der Waals surface area contributed by atoms with Crippen molar-refractivity contribution in [2.45, 2.75) is 26.1 Å². The quantitative estimate of drug-likeness (QED) is 0.587. The first-order valence-electron chi connectivity index (χ1n) is 8.38. The van der Waals surface area contributed by atoms with Crippen LogP contribution in [0.25, 0.3) is 11.1 Å². The molecular formula is C21H24Cl2OSiTi. The summed E-state index contributed by atoms with van der Waals surface area (Å²) in [6.07, 6.45) is 5.64. The van der Waals surface area contributed by atoms with E-state index < -0.39 is 25.9 Å². The second-order valence-corrected chi connectivity index (χ2v) is 14.8. The summed E-state index contributed by atoms with van der Waals surface area (Å²) in [4.78, 5) is 4.45. The standard InChI is InChI=1S/C12H10O.C8H13Si.CH2.2ClH.Ti/c13-12-8-4-7-11(9-12)10-5-2-1-3-6-10;1-9(2,3)8-6-4-5-7-8;;;;/h1-9,13H;4,6H,5H2,1-3H3;1H2;2*1H;/q;;;;;+3/p-3. The Balaban J connectivity index is 0.00000169. The molecule has 0 unspecified atom stereocenters. The van der Waals surface area contributed by atoms with Crippen LogP contribution in [-0.4, -0.2) is 12.9 Å². The largest absolute Gasteiger partial charge is 1.00 e. The molecule has 0 saturated heterocycles. The Bertz CT molecular complexity index is 823. The number of benzene rings is 2. The summed E-state index contributed by atoms with van der Waals surface area (Å²) in [5.74, 6) is 0.954. The van der Waals surface area contributed by atoms with Crippen molar-refractivity contribution < 1.29 is 45.9 Å². The van der Waals surface area contributed by atoms with E-state index in [-0.39, 0.29) is 24.8 Å². The maximum atomic E-state index is 6.37. The topological polar surface area (TPSA) is 9.23 Å². The predicted molar refractivity (Wildman–Crippen MR) is 104 cm³/mol. The second kappa shape index (κ2) is 9.87. The zero-order chi connectivity index (χ0) is 17.2. The van der Waals surface area contributed by atoms with E-state index in [0.29, 0.717) is 0 Å². The van der Waals surface area contributed by atoms with Crippen molar-refractivity contribution in [2.24, 2.45) is 0 Å². The Morgan fingerprint density at radius 1 is 0.923 bits per heavy atom. The molecule has 0 spiro atoms. The molecule has 0 amide bonds. The van der Waals surface area contributed by atoms with Crippen LogP contribution in [-0.2, 0) is 17.8 Å². The average molecular weight is 439 g/mol. The van der Waals surface area contributed by atoms with Crippen LogP contribution in [0.3, 0.4) is 0 Å². The molecule has 0 N–H and O–H groups in total. The Hall–Kier alpha value is -0.899. The van der Waals surface area contributed by atoms with Gasteiger partial charge in [0.15, 0.2) is 0 Å². The molecule has 5 heteroatoms. The van der Waals surface area contributed by atoms with Gasteiger partial charge in [0.1, 0.15) is 0 Å². The van der Waals surface area contributed by atoms with E-state index in [2.05, 4.69) is 85.1 Å². The van der Waals surface area contributed by atoms with Gasteiger partial charge in [0.25, 0.3) is 0 Å². The monoisotopic (exact) mass is 438 g/mol. The van der Waals surface area contributed by atoms with Gasteiger partial charge in [-0.3, -0.25) is 0 Å². The molecule has 0 atom stereocenters. The molecule has 0 saturated carbocycles. The van der Waals surface area contributed by atoms with E-state index in [0.717, 1.165) is 12.2 Å². The molecule has 1 aliphatic carbocycles. The second-order valence-electron chi connectivity index (χ2n) is 7.17. The fourth-order valence-electron chi connectivity index (χ4n) is 3.05. The van der Waals surface area contributed by atoms with Gasteiger partial charge in [-0.15, -0.1) is 0 Å². The Morgan fingerprint density at radius 2 is 1.58 bits per heavy atom. The fourth-order valence-corrected chi connectivity index (χ4v) is 8.98. The maximum Gasteiger partial charge on any atom is -1.00 e. The molecule has 0 aliphatic heterocycles. The zero-order valence-electron chi connectivity index (χ0n) is 15.4. The van der Waals surface area contributed by atoms with E-state index in [1.807, 2.05) is 6.07 Å². The molecule has 26 heavy (non-hydrogen) atoms. The molecular weight excluding hydrogens is 415 g/mol. The number of allylic oxidation sites excluding steroid dienone is 4. The molecule has 1 aliphatic rings. The maximum absolute atomic E-state index is 6.37. The van der Waals surface area contributed by atoms with Gasteiger partial charge in [0.05, 0.1) is 0 Å². The molecule has 0 heterocycles. The van der Waals surface area contributed by atoms with E-state index >= 15 is 0 Å². The SMILES string of the molecule is [CH2]=[Ti+2]([O]c1cccc(-c2ccccc2)c1)[C]1=C([Si](C)(C)C)C=CC1.[Cl-].[Cl-]. The van der Waals surface area contributed by atoms with Gasteiger partial charge in [-0.1, -0.05) is 0 Å². The van der Waals surface area contributed by atoms with Crippen molar-refractivity contribution in [1.29, 1.82) is 0 Å². The van der Waals surface area contributed by atoms with Crippen LogP contribution in [0, 0.1) is 0 Å². The van der Waals surface area contributed by atoms with Gasteiger partial charge in [-0.25, -0.2) is 0 Å². The Morgan fingerprint density at radius 3 is 2.23 bits per heavy atom. The summed E-state index contributed by atoms with van der Waals surface area (Å²) in [5.41, 5.74) is 2.42. The molecule has 0 bridgehead atoms. The van der Waals surface area contributed by atoms with Gasteiger partial charge in [-0.2, -0.15) is 0 Å². The van der Waals surface area contributed by atoms with Crippen molar-refractivity contribution in [3.8, 4) is 16.9 Å². The van der Waals surface area contributed by atoms with Crippen molar-refractivity contribution in [1.82, 2.24) is 0 Å². The van der Waals surface area contributed by atoms with Gasteiger partial charge >= 0.3 is 153 Å². The third-order valence-corrected chi connectivity index (χ3v) is 9.28. The minimum Gasteiger partial charge on any atom is -1.00 e. The Kier molecular flexibility index (Phi) is 8.78. The first kappa shape index (κ1) is 23.1. The van der Waals surface area contributed by atoms with Gasteiger partial charge in [-0.05, 0) is 0 Å². The molecule has 0 fully saturated rings. The van der Waals surface area contributed by atoms with E-state index in [1.54, 1.807) is 5.20 Å². The first-order valence-corrected chi connectivity index (χ1v) is 14.4.